The Hall–Kier alpha value is -4.67. The SMILES string of the molecule is CC(C)(C)c1cc(-c2cc(-c3cc(Sc4ccccn4)cc(-c4ccccc4)c3)nc(-c3ccccc3O)c2)cc(C(C)(C)C)c1. The number of hydrogen-bond acceptors (Lipinski definition) is 4. The van der Waals surface area contributed by atoms with Crippen molar-refractivity contribution in [1.82, 2.24) is 9.97 Å². The number of phenols is 1. The van der Waals surface area contributed by atoms with Gasteiger partial charge < -0.3 is 5.11 Å². The van der Waals surface area contributed by atoms with Crippen LogP contribution in [-0.4, -0.2) is 15.1 Å². The first kappa shape index (κ1) is 31.3. The Bertz CT molecular complexity index is 1960. The molecule has 4 aromatic carbocycles. The Morgan fingerprint density at radius 2 is 1.11 bits per heavy atom. The average molecular weight is 621 g/mol. The molecule has 0 spiro atoms. The largest absolute Gasteiger partial charge is 0.507 e. The van der Waals surface area contributed by atoms with Crippen LogP contribution in [-0.2, 0) is 10.8 Å². The van der Waals surface area contributed by atoms with Crippen molar-refractivity contribution in [3.63, 3.8) is 0 Å². The summed E-state index contributed by atoms with van der Waals surface area (Å²) in [6.45, 7) is 13.6. The second-order valence-corrected chi connectivity index (χ2v) is 14.9. The number of hydrogen-bond donors (Lipinski definition) is 1. The third kappa shape index (κ3) is 7.08. The fourth-order valence-corrected chi connectivity index (χ4v) is 6.34. The lowest BCUT2D eigenvalue weighted by molar-refractivity contribution is 0.477. The lowest BCUT2D eigenvalue weighted by atomic mass is 9.79. The first-order valence-corrected chi connectivity index (χ1v) is 16.5. The van der Waals surface area contributed by atoms with E-state index in [1.54, 1.807) is 17.8 Å². The van der Waals surface area contributed by atoms with Crippen LogP contribution in [0.4, 0.5) is 0 Å². The van der Waals surface area contributed by atoms with E-state index in [9.17, 15) is 5.11 Å². The van der Waals surface area contributed by atoms with Crippen molar-refractivity contribution in [2.45, 2.75) is 62.3 Å². The highest BCUT2D eigenvalue weighted by Gasteiger charge is 2.22. The number of pyridine rings is 2. The third-order valence-electron chi connectivity index (χ3n) is 8.17. The molecule has 46 heavy (non-hydrogen) atoms. The van der Waals surface area contributed by atoms with Crippen LogP contribution in [0.1, 0.15) is 52.7 Å². The summed E-state index contributed by atoms with van der Waals surface area (Å²) in [5.74, 6) is 0.210. The summed E-state index contributed by atoms with van der Waals surface area (Å²) >= 11 is 1.64. The van der Waals surface area contributed by atoms with Crippen LogP contribution in [0.2, 0.25) is 0 Å². The van der Waals surface area contributed by atoms with Crippen LogP contribution in [0.3, 0.4) is 0 Å². The zero-order chi connectivity index (χ0) is 32.5. The molecule has 230 valence electrons. The van der Waals surface area contributed by atoms with E-state index in [0.29, 0.717) is 5.56 Å². The molecule has 2 aromatic heterocycles. The van der Waals surface area contributed by atoms with E-state index < -0.39 is 0 Å². The molecular formula is C42H40N2OS. The molecule has 2 heterocycles. The maximum Gasteiger partial charge on any atom is 0.124 e. The van der Waals surface area contributed by atoms with Gasteiger partial charge in [0.1, 0.15) is 10.8 Å². The van der Waals surface area contributed by atoms with Gasteiger partial charge >= 0.3 is 0 Å². The molecule has 3 nitrogen and oxygen atoms in total. The Morgan fingerprint density at radius 3 is 1.76 bits per heavy atom. The molecule has 1 N–H and O–H groups in total. The first-order chi connectivity index (χ1) is 21.9. The number of nitrogens with zero attached hydrogens (tertiary/aromatic N) is 2. The van der Waals surface area contributed by atoms with E-state index in [1.807, 2.05) is 48.7 Å². The van der Waals surface area contributed by atoms with E-state index in [4.69, 9.17) is 4.98 Å². The summed E-state index contributed by atoms with van der Waals surface area (Å²) in [7, 11) is 0. The van der Waals surface area contributed by atoms with Crippen molar-refractivity contribution in [3.8, 4) is 50.5 Å². The number of benzene rings is 4. The van der Waals surface area contributed by atoms with Crippen molar-refractivity contribution >= 4 is 11.8 Å². The third-order valence-corrected chi connectivity index (χ3v) is 9.10. The quantitative estimate of drug-likeness (QED) is 0.201. The molecule has 0 radical (unpaired) electrons. The predicted octanol–water partition coefficient (Wildman–Crippen LogP) is 11.6. The molecule has 0 fully saturated rings. The number of para-hydroxylation sites is 1. The van der Waals surface area contributed by atoms with Crippen molar-refractivity contribution in [2.75, 3.05) is 0 Å². The molecule has 0 saturated carbocycles. The predicted molar refractivity (Wildman–Crippen MR) is 193 cm³/mol. The normalized spacial score (nSPS) is 11.9. The van der Waals surface area contributed by atoms with Gasteiger partial charge in [0.15, 0.2) is 0 Å². The smallest absolute Gasteiger partial charge is 0.124 e. The maximum atomic E-state index is 10.9. The van der Waals surface area contributed by atoms with Crippen LogP contribution in [0.15, 0.2) is 137 Å². The highest BCUT2D eigenvalue weighted by atomic mass is 32.2. The maximum absolute atomic E-state index is 10.9. The summed E-state index contributed by atoms with van der Waals surface area (Å²) in [4.78, 5) is 10.9. The Morgan fingerprint density at radius 1 is 0.522 bits per heavy atom. The summed E-state index contributed by atoms with van der Waals surface area (Å²) < 4.78 is 0. The van der Waals surface area contributed by atoms with Crippen molar-refractivity contribution in [3.05, 3.63) is 139 Å². The Balaban J connectivity index is 1.60. The van der Waals surface area contributed by atoms with Crippen LogP contribution in [0, 0.1) is 0 Å². The van der Waals surface area contributed by atoms with Gasteiger partial charge in [0.05, 0.1) is 11.4 Å². The molecule has 0 aliphatic carbocycles. The van der Waals surface area contributed by atoms with Crippen LogP contribution in [0.5, 0.6) is 5.75 Å². The van der Waals surface area contributed by atoms with Gasteiger partial charge in [-0.15, -0.1) is 0 Å². The van der Waals surface area contributed by atoms with E-state index in [1.165, 1.54) is 11.1 Å². The van der Waals surface area contributed by atoms with Crippen LogP contribution in [0.25, 0.3) is 44.8 Å². The van der Waals surface area contributed by atoms with Gasteiger partial charge in [-0.2, -0.15) is 0 Å². The highest BCUT2D eigenvalue weighted by Crippen LogP contribution is 2.40. The van der Waals surface area contributed by atoms with Crippen molar-refractivity contribution in [2.24, 2.45) is 0 Å². The number of rotatable bonds is 6. The van der Waals surface area contributed by atoms with Crippen LogP contribution < -0.4 is 0 Å². The lowest BCUT2D eigenvalue weighted by Crippen LogP contribution is -2.16. The van der Waals surface area contributed by atoms with Crippen molar-refractivity contribution in [1.29, 1.82) is 0 Å². The fourth-order valence-electron chi connectivity index (χ4n) is 5.46. The zero-order valence-electron chi connectivity index (χ0n) is 27.4. The standard InChI is InChI=1S/C42H40N2OS/c1-41(2,3)33-21-30(22-34(27-33)42(4,5)6)31-25-37(44-38(26-31)36-16-10-11-17-39(36)45)32-20-29(28-14-8-7-9-15-28)23-35(24-32)46-40-18-12-13-19-43-40/h7-27,45H,1-6H3. The molecule has 4 heteroatoms. The van der Waals surface area contributed by atoms with E-state index >= 15 is 0 Å². The molecule has 0 aliphatic rings. The van der Waals surface area contributed by atoms with Gasteiger partial charge in [-0.05, 0) is 98.8 Å². The minimum atomic E-state index is -0.0198. The minimum absolute atomic E-state index is 0.0198. The number of phenolic OH excluding ortho intramolecular Hbond substituents is 1. The summed E-state index contributed by atoms with van der Waals surface area (Å²) in [6, 6.07) is 41.8. The highest BCUT2D eigenvalue weighted by molar-refractivity contribution is 7.99. The molecule has 6 rings (SSSR count). The van der Waals surface area contributed by atoms with Crippen LogP contribution >= 0.6 is 11.8 Å². The molecular weight excluding hydrogens is 581 g/mol. The Labute approximate surface area is 277 Å². The lowest BCUT2D eigenvalue weighted by Gasteiger charge is -2.26. The second-order valence-electron chi connectivity index (χ2n) is 13.8. The van der Waals surface area contributed by atoms with E-state index in [2.05, 4.69) is 119 Å². The molecule has 0 unspecified atom stereocenters. The Kier molecular flexibility index (Phi) is 8.59. The molecule has 0 atom stereocenters. The zero-order valence-corrected chi connectivity index (χ0v) is 28.2. The van der Waals surface area contributed by atoms with Gasteiger partial charge in [0, 0.05) is 22.2 Å². The molecule has 0 saturated heterocycles. The summed E-state index contributed by atoms with van der Waals surface area (Å²) in [5, 5.41) is 11.9. The van der Waals surface area contributed by atoms with Crippen molar-refractivity contribution < 1.29 is 5.11 Å². The summed E-state index contributed by atoms with van der Waals surface area (Å²) in [5.41, 5.74) is 10.3. The van der Waals surface area contributed by atoms with Gasteiger partial charge in [-0.3, -0.25) is 0 Å². The number of aromatic nitrogens is 2. The van der Waals surface area contributed by atoms with Gasteiger partial charge in [0.2, 0.25) is 0 Å². The number of aromatic hydroxyl groups is 1. The van der Waals surface area contributed by atoms with Gasteiger partial charge in [-0.1, -0.05) is 120 Å². The second kappa shape index (κ2) is 12.6. The van der Waals surface area contributed by atoms with Gasteiger partial charge in [-0.25, -0.2) is 9.97 Å². The monoisotopic (exact) mass is 620 g/mol. The van der Waals surface area contributed by atoms with E-state index in [0.717, 1.165) is 49.1 Å². The molecule has 0 bridgehead atoms. The molecule has 6 aromatic rings. The summed E-state index contributed by atoms with van der Waals surface area (Å²) in [6.07, 6.45) is 1.82. The molecule has 0 amide bonds. The van der Waals surface area contributed by atoms with E-state index in [-0.39, 0.29) is 16.6 Å². The minimum Gasteiger partial charge on any atom is -0.507 e. The average Bonchev–Trinajstić information content (AvgIpc) is 3.04. The van der Waals surface area contributed by atoms with Gasteiger partial charge in [0.25, 0.3) is 0 Å². The fraction of sp³-hybridized carbons (Fsp3) is 0.190. The molecule has 0 aliphatic heterocycles. The topological polar surface area (TPSA) is 46.0 Å². The first-order valence-electron chi connectivity index (χ1n) is 15.7.